The molecule has 2 N–H and O–H groups in total. The highest BCUT2D eigenvalue weighted by Gasteiger charge is 2.19. The Labute approximate surface area is 149 Å². The Kier molecular flexibility index (Phi) is 6.04. The number of nitrogens with one attached hydrogen (secondary N) is 2. The number of carbonyl (C=O) groups is 2. The van der Waals surface area contributed by atoms with Gasteiger partial charge in [-0.3, -0.25) is 9.59 Å². The van der Waals surface area contributed by atoms with Crippen LogP contribution in [0.15, 0.2) is 24.3 Å². The average Bonchev–Trinajstić information content (AvgIpc) is 3.10. The van der Waals surface area contributed by atoms with Crippen LogP contribution in [-0.4, -0.2) is 67.4 Å². The molecule has 2 heterocycles. The first-order valence-electron chi connectivity index (χ1n) is 9.18. The number of carbonyl (C=O) groups excluding carboxylic acids is 2. The Morgan fingerprint density at radius 1 is 1.16 bits per heavy atom. The van der Waals surface area contributed by atoms with Gasteiger partial charge in [-0.15, -0.1) is 0 Å². The molecule has 2 amide bonds. The summed E-state index contributed by atoms with van der Waals surface area (Å²) in [7, 11) is 2.08. The Morgan fingerprint density at radius 2 is 1.88 bits per heavy atom. The third kappa shape index (κ3) is 5.28. The lowest BCUT2D eigenvalue weighted by atomic mass is 10.1. The number of rotatable bonds is 5. The normalized spacial score (nSPS) is 21.3. The van der Waals surface area contributed by atoms with E-state index in [1.54, 1.807) is 0 Å². The summed E-state index contributed by atoms with van der Waals surface area (Å²) in [6, 6.07) is 7.93. The summed E-state index contributed by atoms with van der Waals surface area (Å²) in [5.74, 6) is 0.220. The fourth-order valence-corrected chi connectivity index (χ4v) is 3.41. The molecule has 2 saturated heterocycles. The molecular weight excluding hydrogens is 316 g/mol. The van der Waals surface area contributed by atoms with Crippen LogP contribution >= 0.6 is 0 Å². The summed E-state index contributed by atoms with van der Waals surface area (Å²) < 4.78 is 0. The molecular formula is C19H28N4O2. The molecule has 2 aliphatic heterocycles. The monoisotopic (exact) mass is 344 g/mol. The molecule has 25 heavy (non-hydrogen) atoms. The van der Waals surface area contributed by atoms with Gasteiger partial charge >= 0.3 is 0 Å². The van der Waals surface area contributed by atoms with Crippen LogP contribution < -0.4 is 10.6 Å². The molecule has 0 aliphatic carbocycles. The minimum atomic E-state index is 0.0423. The third-order valence-corrected chi connectivity index (χ3v) is 5.04. The number of hydrogen-bond donors (Lipinski definition) is 2. The van der Waals surface area contributed by atoms with Crippen LogP contribution in [-0.2, 0) is 16.0 Å². The molecule has 6 heteroatoms. The number of benzene rings is 1. The minimum Gasteiger partial charge on any atom is -0.340 e. The Balaban J connectivity index is 1.46. The zero-order valence-corrected chi connectivity index (χ0v) is 15.0. The van der Waals surface area contributed by atoms with Crippen molar-refractivity contribution in [3.63, 3.8) is 0 Å². The fraction of sp³-hybridized carbons (Fsp3) is 0.579. The van der Waals surface area contributed by atoms with E-state index in [-0.39, 0.29) is 11.8 Å². The van der Waals surface area contributed by atoms with E-state index in [1.165, 1.54) is 0 Å². The minimum absolute atomic E-state index is 0.0423. The average molecular weight is 344 g/mol. The van der Waals surface area contributed by atoms with Gasteiger partial charge in [-0.1, -0.05) is 12.1 Å². The summed E-state index contributed by atoms with van der Waals surface area (Å²) in [5, 5.41) is 6.27. The topological polar surface area (TPSA) is 64.7 Å². The highest BCUT2D eigenvalue weighted by atomic mass is 16.2. The zero-order chi connectivity index (χ0) is 17.6. The quantitative estimate of drug-likeness (QED) is 0.839. The second kappa shape index (κ2) is 8.45. The molecule has 0 radical (unpaired) electrons. The van der Waals surface area contributed by atoms with Crippen molar-refractivity contribution in [1.29, 1.82) is 0 Å². The molecule has 0 spiro atoms. The summed E-state index contributed by atoms with van der Waals surface area (Å²) in [6.07, 6.45) is 3.16. The van der Waals surface area contributed by atoms with Gasteiger partial charge in [0.15, 0.2) is 0 Å². The van der Waals surface area contributed by atoms with Crippen LogP contribution in [0.5, 0.6) is 0 Å². The van der Waals surface area contributed by atoms with Crippen molar-refractivity contribution in [3.05, 3.63) is 29.8 Å². The van der Waals surface area contributed by atoms with Crippen LogP contribution in [0.25, 0.3) is 0 Å². The maximum atomic E-state index is 12.4. The fourth-order valence-electron chi connectivity index (χ4n) is 3.41. The number of nitrogens with zero attached hydrogens (tertiary/aromatic N) is 2. The van der Waals surface area contributed by atoms with Crippen LogP contribution in [0, 0.1) is 0 Å². The molecule has 2 fully saturated rings. The second-order valence-corrected chi connectivity index (χ2v) is 7.10. The van der Waals surface area contributed by atoms with Gasteiger partial charge in [0.1, 0.15) is 0 Å². The van der Waals surface area contributed by atoms with Gasteiger partial charge in [0.25, 0.3) is 0 Å². The van der Waals surface area contributed by atoms with E-state index in [1.807, 2.05) is 29.2 Å². The van der Waals surface area contributed by atoms with Gasteiger partial charge in [0.05, 0.1) is 6.42 Å². The van der Waals surface area contributed by atoms with E-state index >= 15 is 0 Å². The maximum absolute atomic E-state index is 12.4. The van der Waals surface area contributed by atoms with Gasteiger partial charge in [0.2, 0.25) is 11.8 Å². The molecule has 0 aromatic heterocycles. The van der Waals surface area contributed by atoms with E-state index in [9.17, 15) is 9.59 Å². The number of piperazine rings is 1. The van der Waals surface area contributed by atoms with Gasteiger partial charge in [0, 0.05) is 44.3 Å². The number of anilines is 1. The first kappa shape index (κ1) is 17.9. The van der Waals surface area contributed by atoms with E-state index in [4.69, 9.17) is 0 Å². The van der Waals surface area contributed by atoms with E-state index in [0.717, 1.165) is 56.8 Å². The van der Waals surface area contributed by atoms with Crippen LogP contribution in [0.3, 0.4) is 0 Å². The molecule has 0 bridgehead atoms. The van der Waals surface area contributed by atoms with Crippen molar-refractivity contribution in [1.82, 2.24) is 15.1 Å². The van der Waals surface area contributed by atoms with Crippen molar-refractivity contribution in [2.45, 2.75) is 31.7 Å². The molecule has 1 aromatic rings. The number of amides is 2. The molecule has 136 valence electrons. The predicted molar refractivity (Wildman–Crippen MR) is 98.5 cm³/mol. The lowest BCUT2D eigenvalue weighted by molar-refractivity contribution is -0.132. The van der Waals surface area contributed by atoms with Crippen molar-refractivity contribution in [2.24, 2.45) is 0 Å². The lowest BCUT2D eigenvalue weighted by Gasteiger charge is -2.32. The summed E-state index contributed by atoms with van der Waals surface area (Å²) in [4.78, 5) is 28.6. The van der Waals surface area contributed by atoms with Crippen LogP contribution in [0.4, 0.5) is 5.69 Å². The molecule has 2 aliphatic rings. The summed E-state index contributed by atoms with van der Waals surface area (Å²) in [5.41, 5.74) is 1.78. The molecule has 0 saturated carbocycles. The van der Waals surface area contributed by atoms with Crippen molar-refractivity contribution < 1.29 is 9.59 Å². The Morgan fingerprint density at radius 3 is 2.52 bits per heavy atom. The van der Waals surface area contributed by atoms with Crippen molar-refractivity contribution >= 4 is 17.5 Å². The zero-order valence-electron chi connectivity index (χ0n) is 15.0. The van der Waals surface area contributed by atoms with Gasteiger partial charge in [-0.05, 0) is 44.1 Å². The first-order valence-corrected chi connectivity index (χ1v) is 9.18. The smallest absolute Gasteiger partial charge is 0.227 e. The van der Waals surface area contributed by atoms with Gasteiger partial charge in [-0.2, -0.15) is 0 Å². The Bertz CT molecular complexity index is 588. The highest BCUT2D eigenvalue weighted by Crippen LogP contribution is 2.14. The van der Waals surface area contributed by atoms with E-state index in [0.29, 0.717) is 18.9 Å². The highest BCUT2D eigenvalue weighted by molar-refractivity contribution is 5.91. The number of likely N-dealkylation sites (N-methyl/N-ethyl adjacent to an activating group) is 1. The number of hydrogen-bond acceptors (Lipinski definition) is 4. The maximum Gasteiger partial charge on any atom is 0.227 e. The molecule has 3 rings (SSSR count). The standard InChI is InChI=1S/C19H28N4O2/c1-22-9-11-23(12-10-22)19(25)13-15-4-6-16(7-5-15)21-18(24)14-17-3-2-8-20-17/h4-7,17,20H,2-3,8-14H2,1H3,(H,21,24). The molecule has 1 aromatic carbocycles. The van der Waals surface area contributed by atoms with E-state index in [2.05, 4.69) is 22.6 Å². The predicted octanol–water partition coefficient (Wildman–Crippen LogP) is 1.08. The van der Waals surface area contributed by atoms with Gasteiger partial charge < -0.3 is 20.4 Å². The van der Waals surface area contributed by atoms with Crippen LogP contribution in [0.2, 0.25) is 0 Å². The van der Waals surface area contributed by atoms with E-state index < -0.39 is 0 Å². The lowest BCUT2D eigenvalue weighted by Crippen LogP contribution is -2.47. The largest absolute Gasteiger partial charge is 0.340 e. The molecule has 1 unspecified atom stereocenters. The third-order valence-electron chi connectivity index (χ3n) is 5.04. The van der Waals surface area contributed by atoms with Gasteiger partial charge in [-0.25, -0.2) is 0 Å². The van der Waals surface area contributed by atoms with Crippen molar-refractivity contribution in [2.75, 3.05) is 45.1 Å². The van der Waals surface area contributed by atoms with Crippen molar-refractivity contribution in [3.8, 4) is 0 Å². The summed E-state index contributed by atoms with van der Waals surface area (Å²) >= 11 is 0. The SMILES string of the molecule is CN1CCN(C(=O)Cc2ccc(NC(=O)CC3CCCN3)cc2)CC1. The summed E-state index contributed by atoms with van der Waals surface area (Å²) in [6.45, 7) is 4.49. The Hall–Kier alpha value is -1.92. The second-order valence-electron chi connectivity index (χ2n) is 7.10. The molecule has 6 nitrogen and oxygen atoms in total. The van der Waals surface area contributed by atoms with Crippen LogP contribution in [0.1, 0.15) is 24.8 Å². The first-order chi connectivity index (χ1) is 12.1. The molecule has 1 atom stereocenters.